The fraction of sp³-hybridized carbons (Fsp3) is 0.286. The van der Waals surface area contributed by atoms with Crippen LogP contribution in [0.2, 0.25) is 5.15 Å². The minimum atomic E-state index is 0.494. The molecule has 0 aliphatic heterocycles. The van der Waals surface area contributed by atoms with Gasteiger partial charge in [0.15, 0.2) is 0 Å². The topological polar surface area (TPSA) is 25.8 Å². The molecule has 0 radical (unpaired) electrons. The van der Waals surface area contributed by atoms with Crippen LogP contribution in [0.4, 0.5) is 0 Å². The fourth-order valence-electron chi connectivity index (χ4n) is 1.68. The molecule has 0 saturated heterocycles. The van der Waals surface area contributed by atoms with E-state index in [1.54, 1.807) is 11.8 Å². The zero-order valence-electron chi connectivity index (χ0n) is 10.9. The van der Waals surface area contributed by atoms with E-state index in [9.17, 15) is 0 Å². The van der Waals surface area contributed by atoms with Gasteiger partial charge in [-0.05, 0) is 40.5 Å². The van der Waals surface area contributed by atoms with Gasteiger partial charge in [0.25, 0.3) is 0 Å². The smallest absolute Gasteiger partial charge is 0.147 e. The highest BCUT2D eigenvalue weighted by Crippen LogP contribution is 2.28. The molecule has 0 fully saturated rings. The molecule has 1 aromatic heterocycles. The van der Waals surface area contributed by atoms with Crippen LogP contribution in [0.1, 0.15) is 24.9 Å². The molecular weight excluding hydrogens is 423 g/mol. The number of benzene rings is 1. The molecule has 0 bridgehead atoms. The van der Waals surface area contributed by atoms with Crippen molar-refractivity contribution in [1.29, 1.82) is 0 Å². The van der Waals surface area contributed by atoms with E-state index in [4.69, 9.17) is 11.6 Å². The molecule has 0 N–H and O–H groups in total. The molecule has 2 rings (SSSR count). The second-order valence-electron chi connectivity index (χ2n) is 4.19. The zero-order valence-corrected chi connectivity index (χ0v) is 15.6. The van der Waals surface area contributed by atoms with Gasteiger partial charge < -0.3 is 0 Å². The minimum Gasteiger partial charge on any atom is -0.236 e. The highest BCUT2D eigenvalue weighted by molar-refractivity contribution is 9.10. The van der Waals surface area contributed by atoms with Crippen molar-refractivity contribution in [1.82, 2.24) is 9.97 Å². The second kappa shape index (κ2) is 7.78. The summed E-state index contributed by atoms with van der Waals surface area (Å²) in [5, 5.41) is 0.494. The van der Waals surface area contributed by atoms with Crippen LogP contribution < -0.4 is 0 Å². The number of rotatable bonds is 5. The van der Waals surface area contributed by atoms with Crippen LogP contribution in [0.25, 0.3) is 0 Å². The average Bonchev–Trinajstić information content (AvgIpc) is 2.42. The van der Waals surface area contributed by atoms with E-state index >= 15 is 0 Å². The highest BCUT2D eigenvalue weighted by atomic mass is 79.9. The van der Waals surface area contributed by atoms with Crippen LogP contribution in [-0.4, -0.2) is 9.97 Å². The maximum Gasteiger partial charge on any atom is 0.147 e. The molecule has 106 valence electrons. The third kappa shape index (κ3) is 4.45. The lowest BCUT2D eigenvalue weighted by atomic mass is 10.2. The summed E-state index contributed by atoms with van der Waals surface area (Å²) < 4.78 is 1.89. The summed E-state index contributed by atoms with van der Waals surface area (Å²) in [6.45, 7) is 2.12. The van der Waals surface area contributed by atoms with E-state index in [1.165, 1.54) is 4.90 Å². The Morgan fingerprint density at radius 2 is 2.05 bits per heavy atom. The van der Waals surface area contributed by atoms with Gasteiger partial charge in [-0.3, -0.25) is 0 Å². The normalized spacial score (nSPS) is 10.8. The SMILES string of the molecule is CCCc1nc(CSc2cccc(Br)c2)nc(Cl)c1Br. The molecular formula is C14H13Br2ClN2S. The lowest BCUT2D eigenvalue weighted by Crippen LogP contribution is -2.00. The number of hydrogen-bond acceptors (Lipinski definition) is 3. The minimum absolute atomic E-state index is 0.494. The maximum atomic E-state index is 6.15. The molecule has 0 aliphatic rings. The molecule has 0 spiro atoms. The van der Waals surface area contributed by atoms with E-state index in [2.05, 4.69) is 60.9 Å². The number of nitrogens with zero attached hydrogens (tertiary/aromatic N) is 2. The third-order valence-corrected chi connectivity index (χ3v) is 5.39. The third-order valence-electron chi connectivity index (χ3n) is 2.58. The predicted molar refractivity (Wildman–Crippen MR) is 92.4 cm³/mol. The molecule has 20 heavy (non-hydrogen) atoms. The summed E-state index contributed by atoms with van der Waals surface area (Å²) in [4.78, 5) is 10.1. The summed E-state index contributed by atoms with van der Waals surface area (Å²) in [5.74, 6) is 1.48. The Balaban J connectivity index is 2.13. The van der Waals surface area contributed by atoms with Gasteiger partial charge >= 0.3 is 0 Å². The number of halogens is 3. The van der Waals surface area contributed by atoms with Crippen LogP contribution in [0.5, 0.6) is 0 Å². The first-order chi connectivity index (χ1) is 9.60. The molecule has 2 aromatic rings. The number of thioether (sulfide) groups is 1. The predicted octanol–water partition coefficient (Wildman–Crippen LogP) is 5.90. The van der Waals surface area contributed by atoms with E-state index in [1.807, 2.05) is 12.1 Å². The van der Waals surface area contributed by atoms with Crippen molar-refractivity contribution in [2.75, 3.05) is 0 Å². The molecule has 0 atom stereocenters. The molecule has 0 saturated carbocycles. The molecule has 6 heteroatoms. The standard InChI is InChI=1S/C14H13Br2ClN2S/c1-2-4-11-13(16)14(17)19-12(18-11)8-20-10-6-3-5-9(15)7-10/h3,5-7H,2,4,8H2,1H3. The van der Waals surface area contributed by atoms with Gasteiger partial charge in [-0.1, -0.05) is 46.9 Å². The van der Waals surface area contributed by atoms with Gasteiger partial charge in [0.05, 0.1) is 15.9 Å². The molecule has 0 aliphatic carbocycles. The van der Waals surface area contributed by atoms with Crippen molar-refractivity contribution >= 4 is 55.2 Å². The Labute approximate surface area is 145 Å². The van der Waals surface area contributed by atoms with E-state index in [0.717, 1.165) is 33.3 Å². The molecule has 0 amide bonds. The summed E-state index contributed by atoms with van der Waals surface area (Å²) in [5.41, 5.74) is 0.984. The van der Waals surface area contributed by atoms with Gasteiger partial charge in [-0.2, -0.15) is 0 Å². The first kappa shape index (κ1) is 16.3. The van der Waals surface area contributed by atoms with Crippen molar-refractivity contribution in [3.05, 3.63) is 49.9 Å². The summed E-state index contributed by atoms with van der Waals surface area (Å²) in [6.07, 6.45) is 1.93. The monoisotopic (exact) mass is 434 g/mol. The molecule has 2 nitrogen and oxygen atoms in total. The van der Waals surface area contributed by atoms with Crippen LogP contribution in [0, 0.1) is 0 Å². The van der Waals surface area contributed by atoms with Gasteiger partial charge in [0, 0.05) is 9.37 Å². The van der Waals surface area contributed by atoms with Crippen molar-refractivity contribution in [2.45, 2.75) is 30.4 Å². The van der Waals surface area contributed by atoms with E-state index in [0.29, 0.717) is 10.9 Å². The van der Waals surface area contributed by atoms with Crippen LogP contribution in [-0.2, 0) is 12.2 Å². The Morgan fingerprint density at radius 1 is 1.25 bits per heavy atom. The van der Waals surface area contributed by atoms with Crippen LogP contribution >= 0.6 is 55.2 Å². The molecule has 1 heterocycles. The quantitative estimate of drug-likeness (QED) is 0.431. The average molecular weight is 437 g/mol. The summed E-state index contributed by atoms with van der Waals surface area (Å²) in [7, 11) is 0. The molecule has 0 unspecified atom stereocenters. The Bertz CT molecular complexity index is 608. The first-order valence-corrected chi connectivity index (χ1v) is 9.14. The number of aromatic nitrogens is 2. The summed E-state index contributed by atoms with van der Waals surface area (Å²) >= 11 is 14.8. The van der Waals surface area contributed by atoms with Crippen molar-refractivity contribution in [2.24, 2.45) is 0 Å². The number of aryl methyl sites for hydroxylation is 1. The van der Waals surface area contributed by atoms with Crippen molar-refractivity contribution in [3.8, 4) is 0 Å². The van der Waals surface area contributed by atoms with E-state index < -0.39 is 0 Å². The summed E-state index contributed by atoms with van der Waals surface area (Å²) in [6, 6.07) is 8.18. The zero-order chi connectivity index (χ0) is 14.5. The number of hydrogen-bond donors (Lipinski definition) is 0. The Hall–Kier alpha value is -0.100. The maximum absolute atomic E-state index is 6.15. The van der Waals surface area contributed by atoms with Crippen LogP contribution in [0.15, 0.2) is 38.1 Å². The lowest BCUT2D eigenvalue weighted by molar-refractivity contribution is 0.845. The van der Waals surface area contributed by atoms with Crippen LogP contribution in [0.3, 0.4) is 0 Å². The van der Waals surface area contributed by atoms with Gasteiger partial charge in [-0.15, -0.1) is 11.8 Å². The van der Waals surface area contributed by atoms with Gasteiger partial charge in [-0.25, -0.2) is 9.97 Å². The largest absolute Gasteiger partial charge is 0.236 e. The van der Waals surface area contributed by atoms with E-state index in [-0.39, 0.29) is 0 Å². The Morgan fingerprint density at radius 3 is 2.75 bits per heavy atom. The lowest BCUT2D eigenvalue weighted by Gasteiger charge is -2.07. The van der Waals surface area contributed by atoms with Gasteiger partial charge in [0.2, 0.25) is 0 Å². The first-order valence-electron chi connectivity index (χ1n) is 6.19. The highest BCUT2D eigenvalue weighted by Gasteiger charge is 2.10. The van der Waals surface area contributed by atoms with Crippen molar-refractivity contribution < 1.29 is 0 Å². The van der Waals surface area contributed by atoms with Gasteiger partial charge in [0.1, 0.15) is 11.0 Å². The Kier molecular flexibility index (Phi) is 6.33. The molecule has 1 aromatic carbocycles. The van der Waals surface area contributed by atoms with Crippen molar-refractivity contribution in [3.63, 3.8) is 0 Å². The fourth-order valence-corrected chi connectivity index (χ4v) is 3.63. The second-order valence-corrected chi connectivity index (χ2v) is 7.30.